The molecule has 2 rings (SSSR count). The Morgan fingerprint density at radius 2 is 1.75 bits per heavy atom. The quantitative estimate of drug-likeness (QED) is 0.830. The van der Waals surface area contributed by atoms with Crippen LogP contribution in [0.25, 0.3) is 6.08 Å². The average Bonchev–Trinajstić information content (AvgIpc) is 2.48. The van der Waals surface area contributed by atoms with Crippen molar-refractivity contribution in [2.75, 3.05) is 0 Å². The lowest BCUT2D eigenvalue weighted by Crippen LogP contribution is -2.27. The first-order chi connectivity index (χ1) is 9.66. The largest absolute Gasteiger partial charge is 0.477 e. The van der Waals surface area contributed by atoms with E-state index in [1.165, 1.54) is 6.08 Å². The predicted octanol–water partition coefficient (Wildman–Crippen LogP) is 1.94. The molecule has 1 aromatic heterocycles. The average molecular weight is 268 g/mol. The molecule has 0 aliphatic carbocycles. The van der Waals surface area contributed by atoms with E-state index in [0.717, 1.165) is 0 Å². The van der Waals surface area contributed by atoms with Crippen LogP contribution in [-0.2, 0) is 4.79 Å². The van der Waals surface area contributed by atoms with Gasteiger partial charge in [0.15, 0.2) is 0 Å². The fraction of sp³-hybridized carbons (Fsp3) is 0. The molecule has 0 radical (unpaired) electrons. The van der Waals surface area contributed by atoms with Gasteiger partial charge < -0.3 is 10.4 Å². The van der Waals surface area contributed by atoms with Gasteiger partial charge in [0.2, 0.25) is 0 Å². The Balaban J connectivity index is 2.21. The minimum Gasteiger partial charge on any atom is -0.477 e. The molecule has 100 valence electrons. The number of aliphatic carboxylic acids is 1. The number of hydrogen-bond donors (Lipinski definition) is 2. The summed E-state index contributed by atoms with van der Waals surface area (Å²) in [4.78, 5) is 27.1. The highest BCUT2D eigenvalue weighted by molar-refractivity contribution is 6.02. The van der Waals surface area contributed by atoms with E-state index in [2.05, 4.69) is 10.3 Å². The number of pyridine rings is 1. The van der Waals surface area contributed by atoms with Crippen LogP contribution < -0.4 is 5.32 Å². The van der Waals surface area contributed by atoms with E-state index in [1.807, 2.05) is 0 Å². The highest BCUT2D eigenvalue weighted by Gasteiger charge is 2.13. The van der Waals surface area contributed by atoms with Crippen LogP contribution in [0.1, 0.15) is 16.1 Å². The number of carbonyl (C=O) groups is 2. The molecular weight excluding hydrogens is 256 g/mol. The zero-order valence-corrected chi connectivity index (χ0v) is 10.5. The second-order valence-electron chi connectivity index (χ2n) is 3.94. The Kier molecular flexibility index (Phi) is 4.24. The van der Waals surface area contributed by atoms with Crippen molar-refractivity contribution in [3.8, 4) is 0 Å². The lowest BCUT2D eigenvalue weighted by atomic mass is 10.2. The number of rotatable bonds is 4. The molecule has 1 aromatic carbocycles. The monoisotopic (exact) mass is 268 g/mol. The van der Waals surface area contributed by atoms with Crippen LogP contribution in [0, 0.1) is 0 Å². The molecule has 0 saturated carbocycles. The molecule has 0 spiro atoms. The van der Waals surface area contributed by atoms with E-state index in [0.29, 0.717) is 11.3 Å². The molecule has 0 bridgehead atoms. The fourth-order valence-corrected chi connectivity index (χ4v) is 1.54. The van der Waals surface area contributed by atoms with Gasteiger partial charge >= 0.3 is 5.97 Å². The SMILES string of the molecule is O=C(O)/C(=C/c1ccccn1)NC(=O)c1ccccc1. The Bertz CT molecular complexity index is 637. The topological polar surface area (TPSA) is 79.3 Å². The Morgan fingerprint density at radius 1 is 1.05 bits per heavy atom. The number of nitrogens with zero attached hydrogens (tertiary/aromatic N) is 1. The summed E-state index contributed by atoms with van der Waals surface area (Å²) in [5.41, 5.74) is 0.622. The van der Waals surface area contributed by atoms with Crippen molar-refractivity contribution >= 4 is 18.0 Å². The molecule has 20 heavy (non-hydrogen) atoms. The summed E-state index contributed by atoms with van der Waals surface area (Å²) in [7, 11) is 0. The van der Waals surface area contributed by atoms with Crippen LogP contribution in [-0.4, -0.2) is 22.0 Å². The number of aromatic nitrogens is 1. The third-order valence-corrected chi connectivity index (χ3v) is 2.49. The van der Waals surface area contributed by atoms with E-state index < -0.39 is 11.9 Å². The van der Waals surface area contributed by atoms with Gasteiger partial charge in [0.05, 0.1) is 5.69 Å². The second kappa shape index (κ2) is 6.29. The molecule has 5 heteroatoms. The molecule has 0 unspecified atom stereocenters. The van der Waals surface area contributed by atoms with Crippen molar-refractivity contribution in [2.45, 2.75) is 0 Å². The predicted molar refractivity (Wildman–Crippen MR) is 73.8 cm³/mol. The summed E-state index contributed by atoms with van der Waals surface area (Å²) in [6, 6.07) is 13.5. The number of nitrogens with one attached hydrogen (secondary N) is 1. The van der Waals surface area contributed by atoms with E-state index in [4.69, 9.17) is 5.11 Å². The van der Waals surface area contributed by atoms with Gasteiger partial charge in [-0.05, 0) is 30.3 Å². The van der Waals surface area contributed by atoms with Crippen molar-refractivity contribution in [1.82, 2.24) is 10.3 Å². The molecule has 1 amide bonds. The lowest BCUT2D eigenvalue weighted by Gasteiger charge is -2.05. The molecule has 2 N–H and O–H groups in total. The summed E-state index contributed by atoms with van der Waals surface area (Å²) in [5.74, 6) is -1.70. The maximum atomic E-state index is 11.9. The van der Waals surface area contributed by atoms with Crippen LogP contribution >= 0.6 is 0 Å². The summed E-state index contributed by atoms with van der Waals surface area (Å²) >= 11 is 0. The molecule has 0 aliphatic rings. The lowest BCUT2D eigenvalue weighted by molar-refractivity contribution is -0.132. The first-order valence-corrected chi connectivity index (χ1v) is 5.89. The van der Waals surface area contributed by atoms with Crippen LogP contribution in [0.5, 0.6) is 0 Å². The molecule has 0 atom stereocenters. The first kappa shape index (κ1) is 13.5. The standard InChI is InChI=1S/C15H12N2O3/c18-14(11-6-2-1-3-7-11)17-13(15(19)20)10-12-8-4-5-9-16-12/h1-10H,(H,17,18)(H,19,20)/b13-10-. The third-order valence-electron chi connectivity index (χ3n) is 2.49. The van der Waals surface area contributed by atoms with Gasteiger partial charge in [0.25, 0.3) is 5.91 Å². The molecule has 1 heterocycles. The molecule has 0 fully saturated rings. The number of hydrogen-bond acceptors (Lipinski definition) is 3. The van der Waals surface area contributed by atoms with Crippen molar-refractivity contribution in [1.29, 1.82) is 0 Å². The van der Waals surface area contributed by atoms with Crippen LogP contribution in [0.4, 0.5) is 0 Å². The van der Waals surface area contributed by atoms with E-state index in [1.54, 1.807) is 54.7 Å². The van der Waals surface area contributed by atoms with Crippen molar-refractivity contribution in [3.63, 3.8) is 0 Å². The summed E-state index contributed by atoms with van der Waals surface area (Å²) < 4.78 is 0. The van der Waals surface area contributed by atoms with Gasteiger partial charge in [0, 0.05) is 11.8 Å². The van der Waals surface area contributed by atoms with Gasteiger partial charge in [-0.1, -0.05) is 24.3 Å². The Labute approximate surface area is 115 Å². The van der Waals surface area contributed by atoms with Crippen molar-refractivity contribution in [2.24, 2.45) is 0 Å². The van der Waals surface area contributed by atoms with E-state index in [-0.39, 0.29) is 5.70 Å². The van der Waals surface area contributed by atoms with Gasteiger partial charge in [-0.15, -0.1) is 0 Å². The smallest absolute Gasteiger partial charge is 0.352 e. The third kappa shape index (κ3) is 3.52. The number of carboxylic acids is 1. The maximum Gasteiger partial charge on any atom is 0.352 e. The van der Waals surface area contributed by atoms with Gasteiger partial charge in [-0.25, -0.2) is 4.79 Å². The number of carboxylic acid groups (broad SMARTS) is 1. The number of amides is 1. The normalized spacial score (nSPS) is 10.9. The summed E-state index contributed by atoms with van der Waals surface area (Å²) in [6.07, 6.45) is 2.85. The Hall–Kier alpha value is -2.95. The van der Waals surface area contributed by atoms with Crippen molar-refractivity contribution < 1.29 is 14.7 Å². The van der Waals surface area contributed by atoms with E-state index >= 15 is 0 Å². The minimum absolute atomic E-state index is 0.224. The minimum atomic E-state index is -1.22. The van der Waals surface area contributed by atoms with Gasteiger partial charge in [0.1, 0.15) is 5.70 Å². The van der Waals surface area contributed by atoms with E-state index in [9.17, 15) is 9.59 Å². The maximum absolute atomic E-state index is 11.9. The van der Waals surface area contributed by atoms with Gasteiger partial charge in [-0.3, -0.25) is 9.78 Å². The van der Waals surface area contributed by atoms with Crippen molar-refractivity contribution in [3.05, 3.63) is 71.7 Å². The zero-order chi connectivity index (χ0) is 14.4. The highest BCUT2D eigenvalue weighted by Crippen LogP contribution is 2.04. The van der Waals surface area contributed by atoms with Gasteiger partial charge in [-0.2, -0.15) is 0 Å². The highest BCUT2D eigenvalue weighted by atomic mass is 16.4. The molecule has 0 aliphatic heterocycles. The zero-order valence-electron chi connectivity index (χ0n) is 10.5. The Morgan fingerprint density at radius 3 is 2.35 bits per heavy atom. The molecule has 2 aromatic rings. The summed E-state index contributed by atoms with van der Waals surface area (Å²) in [6.45, 7) is 0. The van der Waals surface area contributed by atoms with Crippen LogP contribution in [0.2, 0.25) is 0 Å². The van der Waals surface area contributed by atoms with Crippen LogP contribution in [0.3, 0.4) is 0 Å². The molecular formula is C15H12N2O3. The number of benzene rings is 1. The molecule has 5 nitrogen and oxygen atoms in total. The molecule has 0 saturated heterocycles. The van der Waals surface area contributed by atoms with Crippen LogP contribution in [0.15, 0.2) is 60.4 Å². The number of carbonyl (C=O) groups excluding carboxylic acids is 1. The second-order valence-corrected chi connectivity index (χ2v) is 3.94. The fourth-order valence-electron chi connectivity index (χ4n) is 1.54. The first-order valence-electron chi connectivity index (χ1n) is 5.89. The summed E-state index contributed by atoms with van der Waals surface area (Å²) in [5, 5.41) is 11.5.